The minimum Gasteiger partial charge on any atom is -0.424 e. The Bertz CT molecular complexity index is 145. The fourth-order valence-electron chi connectivity index (χ4n) is 1.46. The molecule has 0 spiro atoms. The van der Waals surface area contributed by atoms with Gasteiger partial charge in [0, 0.05) is 7.11 Å². The predicted octanol–water partition coefficient (Wildman–Crippen LogP) is 1.44. The second kappa shape index (κ2) is 4.20. The molecular weight excluding hydrogens is 142 g/mol. The number of nitriles is 1. The Morgan fingerprint density at radius 2 is 1.73 bits per heavy atom. The third-order valence-electron chi connectivity index (χ3n) is 2.17. The molecule has 1 saturated carbocycles. The third kappa shape index (κ3) is 2.39. The van der Waals surface area contributed by atoms with Crippen LogP contribution in [-0.2, 0) is 9.47 Å². The first kappa shape index (κ1) is 8.35. The van der Waals surface area contributed by atoms with Gasteiger partial charge in [-0.3, -0.25) is 0 Å². The van der Waals surface area contributed by atoms with E-state index >= 15 is 0 Å². The first-order valence-electron chi connectivity index (χ1n) is 3.94. The Kier molecular flexibility index (Phi) is 3.18. The molecule has 0 aliphatic heterocycles. The number of hydrogen-bond acceptors (Lipinski definition) is 3. The monoisotopic (exact) mass is 155 g/mol. The fourth-order valence-corrected chi connectivity index (χ4v) is 1.46. The summed E-state index contributed by atoms with van der Waals surface area (Å²) in [5.74, 6) is 0. The van der Waals surface area contributed by atoms with Gasteiger partial charge in [-0.25, -0.2) is 0 Å². The summed E-state index contributed by atoms with van der Waals surface area (Å²) < 4.78 is 10.0. The van der Waals surface area contributed by atoms with Gasteiger partial charge in [0.15, 0.2) is 0 Å². The van der Waals surface area contributed by atoms with Crippen LogP contribution in [0.1, 0.15) is 25.7 Å². The molecule has 0 N–H and O–H groups in total. The van der Waals surface area contributed by atoms with Crippen molar-refractivity contribution in [3.63, 3.8) is 0 Å². The summed E-state index contributed by atoms with van der Waals surface area (Å²) in [4.78, 5) is 0. The summed E-state index contributed by atoms with van der Waals surface area (Å²) in [7, 11) is 1.73. The Balaban J connectivity index is 2.20. The molecule has 11 heavy (non-hydrogen) atoms. The quantitative estimate of drug-likeness (QED) is 0.567. The molecule has 62 valence electrons. The maximum Gasteiger partial charge on any atom is 0.286 e. The first-order chi connectivity index (χ1) is 5.36. The molecule has 0 atom stereocenters. The Labute approximate surface area is 66.9 Å². The normalized spacial score (nSPS) is 30.9. The van der Waals surface area contributed by atoms with Crippen LogP contribution in [0.5, 0.6) is 0 Å². The van der Waals surface area contributed by atoms with Gasteiger partial charge in [0.2, 0.25) is 0 Å². The highest BCUT2D eigenvalue weighted by Crippen LogP contribution is 2.22. The summed E-state index contributed by atoms with van der Waals surface area (Å²) in [6.45, 7) is 0. The van der Waals surface area contributed by atoms with E-state index in [0.717, 1.165) is 25.7 Å². The topological polar surface area (TPSA) is 42.2 Å². The van der Waals surface area contributed by atoms with E-state index in [4.69, 9.17) is 14.7 Å². The number of nitrogens with zero attached hydrogens (tertiary/aromatic N) is 1. The zero-order valence-corrected chi connectivity index (χ0v) is 6.75. The van der Waals surface area contributed by atoms with E-state index in [2.05, 4.69) is 0 Å². The molecule has 0 bridgehead atoms. The summed E-state index contributed by atoms with van der Waals surface area (Å²) in [5, 5.41) is 8.24. The molecular formula is C8H13NO2. The zero-order chi connectivity index (χ0) is 8.10. The summed E-state index contributed by atoms with van der Waals surface area (Å²) >= 11 is 0. The lowest BCUT2D eigenvalue weighted by Crippen LogP contribution is -2.24. The van der Waals surface area contributed by atoms with E-state index in [0.29, 0.717) is 6.10 Å². The summed E-state index contributed by atoms with van der Waals surface area (Å²) in [5.41, 5.74) is 0. The molecule has 0 radical (unpaired) electrons. The van der Waals surface area contributed by atoms with Crippen molar-refractivity contribution in [3.8, 4) is 6.26 Å². The van der Waals surface area contributed by atoms with E-state index in [-0.39, 0.29) is 6.10 Å². The second-order valence-electron chi connectivity index (χ2n) is 2.84. The van der Waals surface area contributed by atoms with Crippen molar-refractivity contribution in [2.24, 2.45) is 0 Å². The van der Waals surface area contributed by atoms with Gasteiger partial charge in [0.25, 0.3) is 6.26 Å². The van der Waals surface area contributed by atoms with Crippen LogP contribution in [0.4, 0.5) is 0 Å². The Morgan fingerprint density at radius 3 is 2.18 bits per heavy atom. The maximum atomic E-state index is 8.24. The minimum absolute atomic E-state index is 0.145. The second-order valence-corrected chi connectivity index (χ2v) is 2.84. The van der Waals surface area contributed by atoms with Crippen LogP contribution < -0.4 is 0 Å². The average molecular weight is 155 g/mol. The van der Waals surface area contributed by atoms with Crippen molar-refractivity contribution in [1.82, 2.24) is 0 Å². The summed E-state index contributed by atoms with van der Waals surface area (Å²) in [6, 6.07) is 0. The number of rotatable bonds is 2. The van der Waals surface area contributed by atoms with Gasteiger partial charge in [0.1, 0.15) is 6.10 Å². The standard InChI is InChI=1S/C8H13NO2/c1-10-7-2-4-8(5-3-7)11-6-9/h7-8H,2-5H2,1H3. The van der Waals surface area contributed by atoms with E-state index < -0.39 is 0 Å². The molecule has 1 aliphatic carbocycles. The van der Waals surface area contributed by atoms with Crippen LogP contribution in [0.2, 0.25) is 0 Å². The van der Waals surface area contributed by atoms with Crippen molar-refractivity contribution in [3.05, 3.63) is 0 Å². The van der Waals surface area contributed by atoms with Gasteiger partial charge < -0.3 is 9.47 Å². The molecule has 0 saturated heterocycles. The van der Waals surface area contributed by atoms with E-state index in [9.17, 15) is 0 Å². The highest BCUT2D eigenvalue weighted by atomic mass is 16.5. The van der Waals surface area contributed by atoms with Gasteiger partial charge in [-0.15, -0.1) is 0 Å². The molecule has 0 aromatic heterocycles. The Morgan fingerprint density at radius 1 is 1.18 bits per heavy atom. The largest absolute Gasteiger partial charge is 0.424 e. The van der Waals surface area contributed by atoms with Crippen LogP contribution in [0.15, 0.2) is 0 Å². The predicted molar refractivity (Wildman–Crippen MR) is 39.8 cm³/mol. The highest BCUT2D eigenvalue weighted by Gasteiger charge is 2.21. The lowest BCUT2D eigenvalue weighted by molar-refractivity contribution is 0.0227. The smallest absolute Gasteiger partial charge is 0.286 e. The van der Waals surface area contributed by atoms with Crippen molar-refractivity contribution in [2.45, 2.75) is 37.9 Å². The summed E-state index contributed by atoms with van der Waals surface area (Å²) in [6.07, 6.45) is 6.19. The van der Waals surface area contributed by atoms with Crippen LogP contribution in [0, 0.1) is 11.5 Å². The molecule has 1 aliphatic rings. The molecule has 0 unspecified atom stereocenters. The fraction of sp³-hybridized carbons (Fsp3) is 0.875. The molecule has 3 heteroatoms. The van der Waals surface area contributed by atoms with Gasteiger partial charge in [-0.2, -0.15) is 5.26 Å². The SMILES string of the molecule is COC1CCC(OC#N)CC1. The number of hydrogen-bond donors (Lipinski definition) is 0. The van der Waals surface area contributed by atoms with E-state index in [1.807, 2.05) is 0 Å². The third-order valence-corrected chi connectivity index (χ3v) is 2.17. The van der Waals surface area contributed by atoms with Gasteiger partial charge >= 0.3 is 0 Å². The van der Waals surface area contributed by atoms with E-state index in [1.54, 1.807) is 13.4 Å². The molecule has 0 aromatic rings. The van der Waals surface area contributed by atoms with Crippen molar-refractivity contribution in [1.29, 1.82) is 5.26 Å². The van der Waals surface area contributed by atoms with Crippen LogP contribution in [-0.4, -0.2) is 19.3 Å². The molecule has 1 fully saturated rings. The van der Waals surface area contributed by atoms with Crippen LogP contribution in [0.3, 0.4) is 0 Å². The molecule has 0 aromatic carbocycles. The maximum absolute atomic E-state index is 8.24. The van der Waals surface area contributed by atoms with Crippen LogP contribution >= 0.6 is 0 Å². The van der Waals surface area contributed by atoms with Gasteiger partial charge in [0.05, 0.1) is 6.10 Å². The zero-order valence-electron chi connectivity index (χ0n) is 6.75. The highest BCUT2D eigenvalue weighted by molar-refractivity contribution is 4.74. The first-order valence-corrected chi connectivity index (χ1v) is 3.94. The van der Waals surface area contributed by atoms with Crippen LogP contribution in [0.25, 0.3) is 0 Å². The molecule has 0 heterocycles. The average Bonchev–Trinajstić information content (AvgIpc) is 2.07. The van der Waals surface area contributed by atoms with Gasteiger partial charge in [-0.1, -0.05) is 0 Å². The lowest BCUT2D eigenvalue weighted by atomic mass is 9.95. The lowest BCUT2D eigenvalue weighted by Gasteiger charge is -2.25. The molecule has 0 amide bonds. The number of methoxy groups -OCH3 is 1. The Hall–Kier alpha value is -0.750. The van der Waals surface area contributed by atoms with Crippen molar-refractivity contribution >= 4 is 0 Å². The van der Waals surface area contributed by atoms with Crippen molar-refractivity contribution < 1.29 is 9.47 Å². The van der Waals surface area contributed by atoms with E-state index in [1.165, 1.54) is 0 Å². The number of ether oxygens (including phenoxy) is 2. The molecule has 1 rings (SSSR count). The molecule has 3 nitrogen and oxygen atoms in total. The van der Waals surface area contributed by atoms with Gasteiger partial charge in [-0.05, 0) is 25.7 Å². The van der Waals surface area contributed by atoms with Crippen molar-refractivity contribution in [2.75, 3.05) is 7.11 Å². The minimum atomic E-state index is 0.145.